The summed E-state index contributed by atoms with van der Waals surface area (Å²) < 4.78 is 26.7. The van der Waals surface area contributed by atoms with Crippen LogP contribution in [0.25, 0.3) is 0 Å². The van der Waals surface area contributed by atoms with Gasteiger partial charge in [0.15, 0.2) is 0 Å². The average molecular weight is 443 g/mol. The van der Waals surface area contributed by atoms with Gasteiger partial charge in [0.25, 0.3) is 0 Å². The molecule has 0 aromatic heterocycles. The van der Waals surface area contributed by atoms with Crippen molar-refractivity contribution in [3.05, 3.63) is 57.6 Å². The number of hydrogen-bond acceptors (Lipinski definition) is 3. The van der Waals surface area contributed by atoms with E-state index in [0.717, 1.165) is 39.3 Å². The van der Waals surface area contributed by atoms with Gasteiger partial charge in [0, 0.05) is 22.3 Å². The van der Waals surface area contributed by atoms with Gasteiger partial charge >= 0.3 is 7.60 Å². The topological polar surface area (TPSA) is 35.5 Å². The van der Waals surface area contributed by atoms with Crippen molar-refractivity contribution in [2.75, 3.05) is 0 Å². The van der Waals surface area contributed by atoms with Gasteiger partial charge in [-0.15, -0.1) is 0 Å². The minimum atomic E-state index is -3.40. The fourth-order valence-corrected chi connectivity index (χ4v) is 5.97. The molecule has 0 saturated carbocycles. The first-order valence-electron chi connectivity index (χ1n) is 11.2. The summed E-state index contributed by atoms with van der Waals surface area (Å²) in [4.78, 5) is 0. The minimum Gasteiger partial charge on any atom is -0.415 e. The van der Waals surface area contributed by atoms with E-state index in [1.807, 2.05) is 0 Å². The van der Waals surface area contributed by atoms with Crippen LogP contribution in [0.2, 0.25) is 0 Å². The molecule has 1 aliphatic heterocycles. The highest BCUT2D eigenvalue weighted by Gasteiger charge is 2.42. The number of rotatable bonds is 2. The highest BCUT2D eigenvalue weighted by molar-refractivity contribution is 7.54. The molecule has 3 nitrogen and oxygen atoms in total. The summed E-state index contributed by atoms with van der Waals surface area (Å²) in [5.74, 6) is 1.46. The second kappa shape index (κ2) is 7.41. The molecule has 2 aromatic carbocycles. The normalized spacial score (nSPS) is 19.2. The molecule has 0 spiro atoms. The summed E-state index contributed by atoms with van der Waals surface area (Å²) >= 11 is 0. The molecule has 3 rings (SSSR count). The summed E-state index contributed by atoms with van der Waals surface area (Å²) in [6, 6.07) is 8.54. The van der Waals surface area contributed by atoms with Crippen molar-refractivity contribution in [1.82, 2.24) is 0 Å². The maximum Gasteiger partial charge on any atom is 0.435 e. The fraction of sp³-hybridized carbons (Fsp3) is 0.556. The summed E-state index contributed by atoms with van der Waals surface area (Å²) in [7, 11) is -3.40. The standard InChI is InChI=1S/C27H39O3P/c1-17-12-19-16-31(28,29-23(19)20(13-17)25(3,4)5)30-24-21(26(6,7)8)14-18(2)15-22(24)27(9,10)11/h12-15H,16H2,1-11H3. The molecule has 170 valence electrons. The van der Waals surface area contributed by atoms with E-state index in [-0.39, 0.29) is 16.2 Å². The zero-order valence-corrected chi connectivity index (χ0v) is 22.1. The van der Waals surface area contributed by atoms with Crippen molar-refractivity contribution >= 4 is 7.60 Å². The zero-order valence-electron chi connectivity index (χ0n) is 21.2. The fourth-order valence-electron chi connectivity index (χ4n) is 4.19. The number of benzene rings is 2. The van der Waals surface area contributed by atoms with Crippen LogP contribution in [0.1, 0.15) is 95.7 Å². The molecule has 1 unspecified atom stereocenters. The Labute approximate surface area is 189 Å². The molecular weight excluding hydrogens is 403 g/mol. The first-order valence-corrected chi connectivity index (χ1v) is 12.9. The summed E-state index contributed by atoms with van der Waals surface area (Å²) in [5.41, 5.74) is 6.13. The largest absolute Gasteiger partial charge is 0.435 e. The van der Waals surface area contributed by atoms with Gasteiger partial charge in [-0.2, -0.15) is 0 Å². The Morgan fingerprint density at radius 2 is 1.16 bits per heavy atom. The minimum absolute atomic E-state index is 0.109. The van der Waals surface area contributed by atoms with Gasteiger partial charge in [-0.3, -0.25) is 0 Å². The summed E-state index contributed by atoms with van der Waals surface area (Å²) in [5, 5.41) is 0. The third kappa shape index (κ3) is 4.87. The number of fused-ring (bicyclic) bond motifs is 1. The van der Waals surface area contributed by atoms with Gasteiger partial charge in [0.05, 0.1) is 0 Å². The quantitative estimate of drug-likeness (QED) is 0.438. The zero-order chi connectivity index (χ0) is 23.6. The van der Waals surface area contributed by atoms with Gasteiger partial charge < -0.3 is 9.05 Å². The van der Waals surface area contributed by atoms with Gasteiger partial charge in [-0.1, -0.05) is 97.7 Å². The SMILES string of the molecule is Cc1cc2c(c(C(C)(C)C)c1)OP(=O)(Oc1c(C(C)(C)C)cc(C)cc1C(C)(C)C)C2. The molecule has 0 aliphatic carbocycles. The van der Waals surface area contributed by atoms with Crippen LogP contribution in [0.15, 0.2) is 24.3 Å². The highest BCUT2D eigenvalue weighted by Crippen LogP contribution is 2.62. The van der Waals surface area contributed by atoms with E-state index in [1.165, 1.54) is 5.56 Å². The lowest BCUT2D eigenvalue weighted by atomic mass is 9.78. The summed E-state index contributed by atoms with van der Waals surface area (Å²) in [6.07, 6.45) is 0.300. The third-order valence-electron chi connectivity index (χ3n) is 5.79. The van der Waals surface area contributed by atoms with E-state index >= 15 is 0 Å². The van der Waals surface area contributed by atoms with Crippen LogP contribution in [-0.4, -0.2) is 0 Å². The Morgan fingerprint density at radius 1 is 0.742 bits per heavy atom. The molecule has 1 heterocycles. The molecule has 0 radical (unpaired) electrons. The monoisotopic (exact) mass is 442 g/mol. The Kier molecular flexibility index (Phi) is 5.72. The Bertz CT molecular complexity index is 1020. The van der Waals surface area contributed by atoms with Crippen LogP contribution in [0.3, 0.4) is 0 Å². The molecule has 2 aromatic rings. The van der Waals surface area contributed by atoms with Crippen molar-refractivity contribution in [1.29, 1.82) is 0 Å². The van der Waals surface area contributed by atoms with Crippen molar-refractivity contribution in [2.45, 2.75) is 98.6 Å². The van der Waals surface area contributed by atoms with E-state index in [1.54, 1.807) is 0 Å². The average Bonchev–Trinajstić information content (AvgIpc) is 2.88. The van der Waals surface area contributed by atoms with Gasteiger partial charge in [-0.25, -0.2) is 4.57 Å². The van der Waals surface area contributed by atoms with E-state index in [4.69, 9.17) is 9.05 Å². The smallest absolute Gasteiger partial charge is 0.415 e. The second-order valence-corrected chi connectivity index (χ2v) is 14.1. The predicted octanol–water partition coefficient (Wildman–Crippen LogP) is 8.36. The lowest BCUT2D eigenvalue weighted by molar-refractivity contribution is 0.380. The molecule has 0 saturated heterocycles. The van der Waals surface area contributed by atoms with Crippen LogP contribution in [0.4, 0.5) is 0 Å². The van der Waals surface area contributed by atoms with Gasteiger partial charge in [0.2, 0.25) is 0 Å². The predicted molar refractivity (Wildman–Crippen MR) is 131 cm³/mol. The third-order valence-corrected chi connectivity index (χ3v) is 7.44. The van der Waals surface area contributed by atoms with Crippen LogP contribution in [0, 0.1) is 13.8 Å². The van der Waals surface area contributed by atoms with Crippen molar-refractivity contribution in [3.63, 3.8) is 0 Å². The van der Waals surface area contributed by atoms with Crippen LogP contribution in [0.5, 0.6) is 11.5 Å². The summed E-state index contributed by atoms with van der Waals surface area (Å²) in [6.45, 7) is 23.7. The molecule has 1 aliphatic rings. The molecule has 31 heavy (non-hydrogen) atoms. The van der Waals surface area contributed by atoms with Gasteiger partial charge in [-0.05, 0) is 30.1 Å². The maximum atomic E-state index is 14.0. The van der Waals surface area contributed by atoms with E-state index in [2.05, 4.69) is 100 Å². The molecular formula is C27H39O3P. The van der Waals surface area contributed by atoms with Crippen molar-refractivity contribution in [3.8, 4) is 11.5 Å². The molecule has 0 fully saturated rings. The van der Waals surface area contributed by atoms with Crippen molar-refractivity contribution < 1.29 is 13.6 Å². The molecule has 1 atom stereocenters. The highest BCUT2D eigenvalue weighted by atomic mass is 31.2. The maximum absolute atomic E-state index is 14.0. The Hall–Kier alpha value is -1.73. The number of hydrogen-bond donors (Lipinski definition) is 0. The van der Waals surface area contributed by atoms with Gasteiger partial charge in [0.1, 0.15) is 17.7 Å². The van der Waals surface area contributed by atoms with Crippen molar-refractivity contribution in [2.24, 2.45) is 0 Å². The van der Waals surface area contributed by atoms with E-state index in [9.17, 15) is 4.57 Å². The molecule has 0 bridgehead atoms. The lowest BCUT2D eigenvalue weighted by Gasteiger charge is -2.31. The Balaban J connectivity index is 2.14. The molecule has 0 N–H and O–H groups in total. The first-order chi connectivity index (χ1) is 13.9. The van der Waals surface area contributed by atoms with Crippen LogP contribution in [-0.2, 0) is 27.0 Å². The van der Waals surface area contributed by atoms with E-state index < -0.39 is 7.60 Å². The molecule has 4 heteroatoms. The van der Waals surface area contributed by atoms with E-state index in [0.29, 0.717) is 6.16 Å². The number of aryl methyl sites for hydroxylation is 2. The van der Waals surface area contributed by atoms with Crippen LogP contribution >= 0.6 is 7.60 Å². The van der Waals surface area contributed by atoms with Crippen LogP contribution < -0.4 is 9.05 Å². The lowest BCUT2D eigenvalue weighted by Crippen LogP contribution is -2.20. The second-order valence-electron chi connectivity index (χ2n) is 12.2. The first kappa shape index (κ1) is 23.9. The Morgan fingerprint density at radius 3 is 1.61 bits per heavy atom. The molecule has 0 amide bonds.